The van der Waals surface area contributed by atoms with Crippen LogP contribution < -0.4 is 16.4 Å². The third-order valence-electron chi connectivity index (χ3n) is 7.55. The van der Waals surface area contributed by atoms with Crippen molar-refractivity contribution in [2.75, 3.05) is 42.6 Å². The van der Waals surface area contributed by atoms with Crippen LogP contribution in [0.5, 0.6) is 0 Å². The summed E-state index contributed by atoms with van der Waals surface area (Å²) in [6.45, 7) is 0.420. The third kappa shape index (κ3) is 29.6. The minimum absolute atomic E-state index is 0.00398. The maximum absolute atomic E-state index is 11.6. The summed E-state index contributed by atoms with van der Waals surface area (Å²) in [5.41, 5.74) is 4.85. The molecule has 29 nitrogen and oxygen atoms in total. The molecule has 33 heteroatoms. The molecule has 0 saturated carbocycles. The average Bonchev–Trinajstić information content (AvgIpc) is 3.88. The smallest absolute Gasteiger partial charge is 0.343 e. The fourth-order valence-electron chi connectivity index (χ4n) is 4.38. The van der Waals surface area contributed by atoms with Crippen LogP contribution in [0.25, 0.3) is 0 Å². The van der Waals surface area contributed by atoms with E-state index in [2.05, 4.69) is 60.2 Å². The number of rotatable bonds is 22. The van der Waals surface area contributed by atoms with Gasteiger partial charge in [0.2, 0.25) is 11.8 Å². The molecule has 6 heterocycles. The largest absolute Gasteiger partial charge is 0.481 e. The van der Waals surface area contributed by atoms with Gasteiger partial charge in [-0.1, -0.05) is 47.0 Å². The van der Waals surface area contributed by atoms with Crippen LogP contribution in [0.3, 0.4) is 0 Å². The molecule has 4 aromatic heterocycles. The van der Waals surface area contributed by atoms with Crippen molar-refractivity contribution in [1.82, 2.24) is 60.6 Å². The van der Waals surface area contributed by atoms with E-state index >= 15 is 0 Å². The van der Waals surface area contributed by atoms with E-state index in [-0.39, 0.29) is 99.4 Å². The quantitative estimate of drug-likeness (QED) is 0.0345. The summed E-state index contributed by atoms with van der Waals surface area (Å²) in [5, 5.41) is 32.4. The number of hydrogen-bond donors (Lipinski definition) is 6. The topological polar surface area (TPSA) is 427 Å². The molecule has 74 heavy (non-hydrogen) atoms. The van der Waals surface area contributed by atoms with Crippen LogP contribution in [0.1, 0.15) is 44.9 Å². The Morgan fingerprint density at radius 1 is 0.459 bits per heavy atom. The Balaban J connectivity index is 0.000000333. The van der Waals surface area contributed by atoms with Gasteiger partial charge in [-0.3, -0.25) is 43.2 Å². The van der Waals surface area contributed by atoms with E-state index in [0.717, 1.165) is 23.5 Å². The number of nitrogens with one attached hydrogen (secondary N) is 2. The van der Waals surface area contributed by atoms with Crippen molar-refractivity contribution in [3.8, 4) is 0 Å². The number of carbonyl (C=O) groups is 11. The Kier molecular flexibility index (Phi) is 31.2. The van der Waals surface area contributed by atoms with Crippen molar-refractivity contribution in [3.05, 3.63) is 73.8 Å². The molecule has 6 rings (SSSR count). The SMILES string of the molecule is NCCC(=O)O.O=C(CSc1ncccn1)NCCC(=O)ON1C(=O)CCC1=O.O=C(CSc1ncccn1)ON1C(=O)CCC1=O.O=C(O)CCNC(=O)CSc1ncccn1.O=C(O)CSc1ncccn1. The van der Waals surface area contributed by atoms with Gasteiger partial charge in [-0.2, -0.15) is 0 Å². The fourth-order valence-corrected chi connectivity index (χ4v) is 6.74. The standard InChI is InChI=1S/C13H14N4O5S.C10H9N3O4S.C9H11N3O3S.C6H6N2O2S.C3H7NO2/c18-9(8-23-13-15-5-1-6-16-13)14-7-4-12(21)22-17-10(19)2-3-11(17)20;14-7-2-3-8(15)13(7)17-9(16)6-18-10-11-4-1-5-12-10;13-7(10-5-2-8(14)15)6-16-9-11-3-1-4-12-9;9-5(10)4-11-6-7-2-1-3-8-6;4-2-1-3(5)6/h1,5-6H,2-4,7-8H2,(H,14,18);1,4-5H,2-3,6H2;1,3-4H,2,5-6H2,(H,10,13)(H,14,15);1-3H,4H2,(H,9,10);1-2,4H2,(H,5,6). The van der Waals surface area contributed by atoms with E-state index in [1.54, 1.807) is 73.8 Å². The first-order chi connectivity index (χ1) is 35.5. The zero-order valence-corrected chi connectivity index (χ0v) is 41.9. The van der Waals surface area contributed by atoms with Crippen molar-refractivity contribution in [2.24, 2.45) is 5.73 Å². The molecule has 7 N–H and O–H groups in total. The molecule has 0 aliphatic carbocycles. The summed E-state index contributed by atoms with van der Waals surface area (Å²) in [7, 11) is 0. The summed E-state index contributed by atoms with van der Waals surface area (Å²) in [6.07, 6.45) is 12.7. The molecule has 0 unspecified atom stereocenters. The van der Waals surface area contributed by atoms with E-state index in [9.17, 15) is 52.7 Å². The number of imide groups is 2. The van der Waals surface area contributed by atoms with Crippen molar-refractivity contribution < 1.29 is 77.7 Å². The first kappa shape index (κ1) is 62.4. The molecular weight excluding hydrogens is 1060 g/mol. The van der Waals surface area contributed by atoms with Crippen molar-refractivity contribution in [3.63, 3.8) is 0 Å². The number of nitrogens with zero attached hydrogens (tertiary/aromatic N) is 10. The van der Waals surface area contributed by atoms with Gasteiger partial charge in [0.25, 0.3) is 23.6 Å². The number of hydroxylamine groups is 4. The van der Waals surface area contributed by atoms with Gasteiger partial charge in [0.1, 0.15) is 5.75 Å². The second kappa shape index (κ2) is 37.1. The normalized spacial score (nSPS) is 12.2. The molecule has 2 aliphatic rings. The number of carboxylic acid groups (broad SMARTS) is 3. The third-order valence-corrected chi connectivity index (χ3v) is 11.0. The Morgan fingerprint density at radius 3 is 1.08 bits per heavy atom. The summed E-state index contributed by atoms with van der Waals surface area (Å²) in [4.78, 5) is 161. The average molecular weight is 1110 g/mol. The zero-order valence-electron chi connectivity index (χ0n) is 38.7. The summed E-state index contributed by atoms with van der Waals surface area (Å²) in [5.74, 6) is -6.40. The fraction of sp³-hybridized carbons (Fsp3) is 0.341. The first-order valence-corrected chi connectivity index (χ1v) is 25.0. The second-order valence-corrected chi connectivity index (χ2v) is 17.1. The van der Waals surface area contributed by atoms with E-state index in [0.29, 0.717) is 30.8 Å². The van der Waals surface area contributed by atoms with Gasteiger partial charge in [-0.25, -0.2) is 49.5 Å². The monoisotopic (exact) mass is 1110 g/mol. The molecule has 396 valence electrons. The highest BCUT2D eigenvalue weighted by atomic mass is 32.2. The van der Waals surface area contributed by atoms with E-state index in [1.807, 2.05) is 0 Å². The molecule has 0 aromatic carbocycles. The number of carboxylic acids is 3. The number of carbonyl (C=O) groups excluding carboxylic acids is 8. The van der Waals surface area contributed by atoms with Crippen molar-refractivity contribution in [2.45, 2.75) is 65.6 Å². The van der Waals surface area contributed by atoms with Crippen molar-refractivity contribution >= 4 is 112 Å². The first-order valence-electron chi connectivity index (χ1n) is 21.1. The van der Waals surface area contributed by atoms with Crippen LogP contribution >= 0.6 is 47.0 Å². The highest BCUT2D eigenvalue weighted by Crippen LogP contribution is 2.16. The Hall–Kier alpha value is -7.75. The molecule has 6 amide bonds. The number of aromatic nitrogens is 8. The van der Waals surface area contributed by atoms with E-state index in [4.69, 9.17) is 21.1 Å². The van der Waals surface area contributed by atoms with E-state index in [1.165, 1.54) is 23.5 Å². The van der Waals surface area contributed by atoms with Gasteiger partial charge in [-0.05, 0) is 24.3 Å². The van der Waals surface area contributed by atoms with Gasteiger partial charge in [0.15, 0.2) is 20.6 Å². The number of amides is 6. The Bertz CT molecular complexity index is 2430. The lowest BCUT2D eigenvalue weighted by atomic mass is 10.4. The number of hydrogen-bond acceptors (Lipinski definition) is 26. The molecular formula is C41H47N13O16S4. The zero-order chi connectivity index (χ0) is 54.5. The number of nitrogens with two attached hydrogens (primary N) is 1. The Labute approximate surface area is 436 Å². The van der Waals surface area contributed by atoms with Gasteiger partial charge in [0.05, 0.1) is 36.5 Å². The molecule has 2 aliphatic heterocycles. The number of aliphatic carboxylic acids is 3. The summed E-state index contributed by atoms with van der Waals surface area (Å²) < 4.78 is 0. The predicted octanol–water partition coefficient (Wildman–Crippen LogP) is 0.0908. The highest BCUT2D eigenvalue weighted by molar-refractivity contribution is 8.00. The van der Waals surface area contributed by atoms with Crippen LogP contribution in [-0.2, 0) is 62.4 Å². The Morgan fingerprint density at radius 2 is 0.770 bits per heavy atom. The van der Waals surface area contributed by atoms with E-state index < -0.39 is 53.5 Å². The maximum atomic E-state index is 11.6. The van der Waals surface area contributed by atoms with Crippen LogP contribution in [0.15, 0.2) is 94.5 Å². The number of thioether (sulfide) groups is 4. The van der Waals surface area contributed by atoms with Gasteiger partial charge in [0, 0.05) is 94.9 Å². The highest BCUT2D eigenvalue weighted by Gasteiger charge is 2.33. The lowest BCUT2D eigenvalue weighted by Crippen LogP contribution is -2.34. The molecule has 0 bridgehead atoms. The van der Waals surface area contributed by atoms with Crippen LogP contribution in [0.4, 0.5) is 0 Å². The predicted molar refractivity (Wildman–Crippen MR) is 257 cm³/mol. The molecule has 0 atom stereocenters. The van der Waals surface area contributed by atoms with Gasteiger partial charge < -0.3 is 41.4 Å². The van der Waals surface area contributed by atoms with Crippen LogP contribution in [0, 0.1) is 0 Å². The molecule has 4 aromatic rings. The molecule has 0 spiro atoms. The summed E-state index contributed by atoms with van der Waals surface area (Å²) >= 11 is 4.55. The summed E-state index contributed by atoms with van der Waals surface area (Å²) in [6, 6.07) is 6.71. The molecule has 0 radical (unpaired) electrons. The van der Waals surface area contributed by atoms with Gasteiger partial charge in [-0.15, -0.1) is 10.1 Å². The molecule has 2 saturated heterocycles. The lowest BCUT2D eigenvalue weighted by Gasteiger charge is -2.12. The minimum atomic E-state index is -0.931. The van der Waals surface area contributed by atoms with Crippen LogP contribution in [-0.4, -0.2) is 173 Å². The van der Waals surface area contributed by atoms with Crippen LogP contribution in [0.2, 0.25) is 0 Å². The lowest BCUT2D eigenvalue weighted by molar-refractivity contribution is -0.197. The van der Waals surface area contributed by atoms with Gasteiger partial charge >= 0.3 is 29.8 Å². The molecule has 2 fully saturated rings. The minimum Gasteiger partial charge on any atom is -0.481 e. The maximum Gasteiger partial charge on any atom is 0.343 e. The van der Waals surface area contributed by atoms with Crippen molar-refractivity contribution in [1.29, 1.82) is 0 Å². The second-order valence-electron chi connectivity index (χ2n) is 13.3.